The van der Waals surface area contributed by atoms with E-state index in [1.165, 1.54) is 11.3 Å². The van der Waals surface area contributed by atoms with Gasteiger partial charge in [-0.3, -0.25) is 0 Å². The Bertz CT molecular complexity index is 230. The molecule has 1 heterocycles. The number of hydrogen-bond donors (Lipinski definition) is 1. The molecule has 0 radical (unpaired) electrons. The molecule has 2 unspecified atom stereocenters. The van der Waals surface area contributed by atoms with Gasteiger partial charge >= 0.3 is 0 Å². The van der Waals surface area contributed by atoms with Crippen molar-refractivity contribution in [2.24, 2.45) is 5.92 Å². The van der Waals surface area contributed by atoms with Crippen LogP contribution in [0, 0.1) is 5.92 Å². The van der Waals surface area contributed by atoms with Gasteiger partial charge in [0.2, 0.25) is 0 Å². The van der Waals surface area contributed by atoms with Gasteiger partial charge in [0.05, 0.1) is 0 Å². The summed E-state index contributed by atoms with van der Waals surface area (Å²) in [6.45, 7) is 8.98. The number of hydrogen-bond acceptors (Lipinski definition) is 2. The van der Waals surface area contributed by atoms with Crippen LogP contribution < -0.4 is 5.32 Å². The van der Waals surface area contributed by atoms with Crippen LogP contribution >= 0.6 is 11.3 Å². The van der Waals surface area contributed by atoms with Crippen LogP contribution in [0.15, 0.2) is 17.5 Å². The Hall–Kier alpha value is -0.340. The first kappa shape index (κ1) is 11.7. The van der Waals surface area contributed by atoms with Crippen molar-refractivity contribution >= 4 is 11.3 Å². The first-order valence-electron chi connectivity index (χ1n) is 5.53. The van der Waals surface area contributed by atoms with Crippen LogP contribution in [0.25, 0.3) is 0 Å². The van der Waals surface area contributed by atoms with Gasteiger partial charge in [-0.1, -0.05) is 33.3 Å². The quantitative estimate of drug-likeness (QED) is 0.759. The van der Waals surface area contributed by atoms with Gasteiger partial charge in [0.1, 0.15) is 0 Å². The van der Waals surface area contributed by atoms with Crippen molar-refractivity contribution in [2.75, 3.05) is 13.1 Å². The molecule has 0 spiro atoms. The molecule has 0 saturated carbocycles. The minimum Gasteiger partial charge on any atom is -0.316 e. The Kier molecular flexibility index (Phi) is 5.20. The van der Waals surface area contributed by atoms with Crippen molar-refractivity contribution < 1.29 is 0 Å². The first-order chi connectivity index (χ1) is 6.79. The third kappa shape index (κ3) is 3.10. The maximum Gasteiger partial charge on any atom is 0.00915 e. The Balaban J connectivity index is 2.62. The molecule has 1 aromatic rings. The molecule has 0 aliphatic carbocycles. The lowest BCUT2D eigenvalue weighted by Crippen LogP contribution is -2.24. The summed E-state index contributed by atoms with van der Waals surface area (Å²) in [5, 5.41) is 5.64. The maximum absolute atomic E-state index is 3.46. The highest BCUT2D eigenvalue weighted by Crippen LogP contribution is 2.29. The molecule has 1 rings (SSSR count). The number of rotatable bonds is 6. The summed E-state index contributed by atoms with van der Waals surface area (Å²) in [5.41, 5.74) is 0. The highest BCUT2D eigenvalue weighted by atomic mass is 32.1. The number of nitrogens with one attached hydrogen (secondary N) is 1. The van der Waals surface area contributed by atoms with Gasteiger partial charge in [-0.05, 0) is 23.9 Å². The topological polar surface area (TPSA) is 12.0 Å². The maximum atomic E-state index is 3.46. The molecular weight excluding hydrogens is 190 g/mol. The Morgan fingerprint density at radius 1 is 1.43 bits per heavy atom. The highest BCUT2D eigenvalue weighted by molar-refractivity contribution is 7.10. The molecular formula is C12H21NS. The van der Waals surface area contributed by atoms with Crippen molar-refractivity contribution in [3.05, 3.63) is 22.4 Å². The molecule has 1 nitrogen and oxygen atoms in total. The van der Waals surface area contributed by atoms with Gasteiger partial charge in [-0.15, -0.1) is 11.3 Å². The molecule has 0 amide bonds. The molecule has 0 aliphatic rings. The van der Waals surface area contributed by atoms with Gasteiger partial charge in [0, 0.05) is 17.3 Å². The van der Waals surface area contributed by atoms with Gasteiger partial charge in [0.25, 0.3) is 0 Å². The molecule has 2 heteroatoms. The first-order valence-corrected chi connectivity index (χ1v) is 6.41. The zero-order chi connectivity index (χ0) is 10.4. The lowest BCUT2D eigenvalue weighted by Gasteiger charge is -2.22. The van der Waals surface area contributed by atoms with Crippen molar-refractivity contribution in [2.45, 2.75) is 33.1 Å². The van der Waals surface area contributed by atoms with E-state index in [4.69, 9.17) is 0 Å². The minimum atomic E-state index is 0.694. The second-order valence-electron chi connectivity index (χ2n) is 3.82. The average Bonchev–Trinajstić information content (AvgIpc) is 2.71. The monoisotopic (exact) mass is 211 g/mol. The Labute approximate surface area is 91.5 Å². The predicted octanol–water partition coefficient (Wildman–Crippen LogP) is 3.49. The second-order valence-corrected chi connectivity index (χ2v) is 4.79. The molecule has 0 saturated heterocycles. The van der Waals surface area contributed by atoms with Gasteiger partial charge in [-0.2, -0.15) is 0 Å². The summed E-state index contributed by atoms with van der Waals surface area (Å²) in [6, 6.07) is 4.42. The second kappa shape index (κ2) is 6.20. The fraction of sp³-hybridized carbons (Fsp3) is 0.667. The third-order valence-electron chi connectivity index (χ3n) is 2.85. The van der Waals surface area contributed by atoms with Crippen LogP contribution in [-0.4, -0.2) is 13.1 Å². The van der Waals surface area contributed by atoms with E-state index < -0.39 is 0 Å². The average molecular weight is 211 g/mol. The van der Waals surface area contributed by atoms with Gasteiger partial charge in [-0.25, -0.2) is 0 Å². The van der Waals surface area contributed by atoms with Gasteiger partial charge in [0.15, 0.2) is 0 Å². The molecule has 14 heavy (non-hydrogen) atoms. The zero-order valence-electron chi connectivity index (χ0n) is 9.42. The van der Waals surface area contributed by atoms with Crippen LogP contribution in [0.5, 0.6) is 0 Å². The van der Waals surface area contributed by atoms with Crippen LogP contribution in [0.3, 0.4) is 0 Å². The molecule has 0 aliphatic heterocycles. The normalized spacial score (nSPS) is 15.4. The van der Waals surface area contributed by atoms with Crippen LogP contribution in [0.2, 0.25) is 0 Å². The standard InChI is InChI=1S/C12H21NS/c1-4-10(3)11(9-13-5-2)12-7-6-8-14-12/h6-8,10-11,13H,4-5,9H2,1-3H3. The molecule has 2 atom stereocenters. The Morgan fingerprint density at radius 3 is 2.71 bits per heavy atom. The van der Waals surface area contributed by atoms with E-state index in [0.29, 0.717) is 5.92 Å². The molecule has 0 fully saturated rings. The lowest BCUT2D eigenvalue weighted by molar-refractivity contribution is 0.429. The summed E-state index contributed by atoms with van der Waals surface area (Å²) < 4.78 is 0. The highest BCUT2D eigenvalue weighted by Gasteiger charge is 2.17. The van der Waals surface area contributed by atoms with Crippen molar-refractivity contribution in [1.29, 1.82) is 0 Å². The smallest absolute Gasteiger partial charge is 0.00915 e. The molecule has 0 aromatic carbocycles. The van der Waals surface area contributed by atoms with E-state index in [2.05, 4.69) is 43.6 Å². The number of thiophene rings is 1. The molecule has 1 N–H and O–H groups in total. The number of likely N-dealkylation sites (N-methyl/N-ethyl adjacent to an activating group) is 1. The summed E-state index contributed by atoms with van der Waals surface area (Å²) >= 11 is 1.89. The van der Waals surface area contributed by atoms with E-state index in [1.807, 2.05) is 11.3 Å². The third-order valence-corrected chi connectivity index (χ3v) is 3.86. The molecule has 0 bridgehead atoms. The van der Waals surface area contributed by atoms with Gasteiger partial charge < -0.3 is 5.32 Å². The minimum absolute atomic E-state index is 0.694. The Morgan fingerprint density at radius 2 is 2.21 bits per heavy atom. The summed E-state index contributed by atoms with van der Waals surface area (Å²) in [5.74, 6) is 1.47. The van der Waals surface area contributed by atoms with E-state index in [0.717, 1.165) is 19.0 Å². The summed E-state index contributed by atoms with van der Waals surface area (Å²) in [4.78, 5) is 1.53. The van der Waals surface area contributed by atoms with E-state index in [1.54, 1.807) is 0 Å². The van der Waals surface area contributed by atoms with Crippen molar-refractivity contribution in [3.63, 3.8) is 0 Å². The summed E-state index contributed by atoms with van der Waals surface area (Å²) in [7, 11) is 0. The lowest BCUT2D eigenvalue weighted by atomic mass is 9.90. The SMILES string of the molecule is CCNCC(c1cccs1)C(C)CC. The van der Waals surface area contributed by atoms with Crippen LogP contribution in [-0.2, 0) is 0 Å². The van der Waals surface area contributed by atoms with Crippen molar-refractivity contribution in [1.82, 2.24) is 5.32 Å². The fourth-order valence-corrected chi connectivity index (χ4v) is 2.63. The predicted molar refractivity (Wildman–Crippen MR) is 65.1 cm³/mol. The summed E-state index contributed by atoms with van der Waals surface area (Å²) in [6.07, 6.45) is 1.26. The van der Waals surface area contributed by atoms with E-state index in [-0.39, 0.29) is 0 Å². The van der Waals surface area contributed by atoms with E-state index in [9.17, 15) is 0 Å². The molecule has 80 valence electrons. The van der Waals surface area contributed by atoms with Crippen LogP contribution in [0.4, 0.5) is 0 Å². The largest absolute Gasteiger partial charge is 0.316 e. The molecule has 1 aromatic heterocycles. The van der Waals surface area contributed by atoms with E-state index >= 15 is 0 Å². The van der Waals surface area contributed by atoms with Crippen molar-refractivity contribution in [3.8, 4) is 0 Å². The fourth-order valence-electron chi connectivity index (χ4n) is 1.67. The van der Waals surface area contributed by atoms with Crippen LogP contribution in [0.1, 0.15) is 38.0 Å². The zero-order valence-corrected chi connectivity index (χ0v) is 10.2.